The summed E-state index contributed by atoms with van der Waals surface area (Å²) < 4.78 is 32.2. The number of carbonyl (C=O) groups is 1. The zero-order valence-electron chi connectivity index (χ0n) is 10.6. The average molecular weight is 337 g/mol. The van der Waals surface area contributed by atoms with Gasteiger partial charge in [0.05, 0.1) is 16.9 Å². The first kappa shape index (κ1) is 14.1. The number of carbonyl (C=O) groups excluding carboxylic acids is 1. The fourth-order valence-electron chi connectivity index (χ4n) is 2.40. The van der Waals surface area contributed by atoms with E-state index in [4.69, 9.17) is 16.3 Å². The molecule has 20 heavy (non-hydrogen) atoms. The molecule has 0 bridgehead atoms. The number of halogens is 1. The smallest absolute Gasteiger partial charge is 0.407 e. The van der Waals surface area contributed by atoms with Crippen LogP contribution in [0.2, 0.25) is 4.34 Å². The lowest BCUT2D eigenvalue weighted by molar-refractivity contribution is 0.0991. The molecule has 0 aliphatic carbocycles. The van der Waals surface area contributed by atoms with Crippen molar-refractivity contribution in [1.29, 1.82) is 0 Å². The molecule has 2 saturated heterocycles. The number of thiophene rings is 1. The number of rotatable bonds is 2. The van der Waals surface area contributed by atoms with E-state index < -0.39 is 22.2 Å². The van der Waals surface area contributed by atoms with Crippen LogP contribution in [0.3, 0.4) is 0 Å². The van der Waals surface area contributed by atoms with Gasteiger partial charge in [0.25, 0.3) is 10.0 Å². The van der Waals surface area contributed by atoms with Crippen molar-refractivity contribution in [2.75, 3.05) is 13.1 Å². The van der Waals surface area contributed by atoms with Gasteiger partial charge in [-0.05, 0) is 25.0 Å². The topological polar surface area (TPSA) is 75.7 Å². The molecule has 1 N–H and O–H groups in total. The Bertz CT molecular complexity index is 638. The van der Waals surface area contributed by atoms with Crippen LogP contribution in [-0.2, 0) is 14.8 Å². The lowest BCUT2D eigenvalue weighted by Crippen LogP contribution is -2.49. The van der Waals surface area contributed by atoms with E-state index in [-0.39, 0.29) is 16.8 Å². The maximum absolute atomic E-state index is 12.5. The highest BCUT2D eigenvalue weighted by atomic mass is 35.5. The van der Waals surface area contributed by atoms with E-state index in [1.54, 1.807) is 13.0 Å². The second kappa shape index (κ2) is 4.87. The van der Waals surface area contributed by atoms with E-state index in [9.17, 15) is 13.2 Å². The number of aryl methyl sites for hydroxylation is 1. The Kier molecular flexibility index (Phi) is 3.44. The molecule has 110 valence electrons. The zero-order chi connectivity index (χ0) is 14.5. The number of hydrogen-bond donors (Lipinski definition) is 1. The van der Waals surface area contributed by atoms with Crippen molar-refractivity contribution < 1.29 is 17.9 Å². The van der Waals surface area contributed by atoms with Gasteiger partial charge in [-0.3, -0.25) is 0 Å². The van der Waals surface area contributed by atoms with Crippen LogP contribution in [0.5, 0.6) is 0 Å². The molecular formula is C11H13ClN2O4S2. The fourth-order valence-corrected chi connectivity index (χ4v) is 5.73. The maximum atomic E-state index is 12.5. The van der Waals surface area contributed by atoms with E-state index in [1.807, 2.05) is 0 Å². The van der Waals surface area contributed by atoms with Crippen LogP contribution in [0.25, 0.3) is 0 Å². The van der Waals surface area contributed by atoms with Crippen LogP contribution < -0.4 is 5.32 Å². The summed E-state index contributed by atoms with van der Waals surface area (Å²) in [6.45, 7) is 2.31. The Morgan fingerprint density at radius 3 is 2.95 bits per heavy atom. The summed E-state index contributed by atoms with van der Waals surface area (Å²) in [6.07, 6.45) is -0.343. The van der Waals surface area contributed by atoms with Crippen LogP contribution >= 0.6 is 22.9 Å². The summed E-state index contributed by atoms with van der Waals surface area (Å²) in [7, 11) is -3.57. The number of fused-ring (bicyclic) bond motifs is 1. The highest BCUT2D eigenvalue weighted by Gasteiger charge is 2.42. The molecule has 0 spiro atoms. The summed E-state index contributed by atoms with van der Waals surface area (Å²) >= 11 is 6.99. The summed E-state index contributed by atoms with van der Waals surface area (Å²) in [5.74, 6) is 0. The van der Waals surface area contributed by atoms with E-state index >= 15 is 0 Å². The highest BCUT2D eigenvalue weighted by Crippen LogP contribution is 2.33. The Balaban J connectivity index is 1.84. The Morgan fingerprint density at radius 2 is 2.30 bits per heavy atom. The number of sulfonamides is 1. The lowest BCUT2D eigenvalue weighted by Gasteiger charge is -2.31. The van der Waals surface area contributed by atoms with Gasteiger partial charge in [-0.1, -0.05) is 11.6 Å². The summed E-state index contributed by atoms with van der Waals surface area (Å²) in [5, 5.41) is 2.68. The van der Waals surface area contributed by atoms with Crippen molar-refractivity contribution in [3.8, 4) is 0 Å². The molecule has 2 aliphatic rings. The molecular weight excluding hydrogens is 324 g/mol. The molecule has 0 unspecified atom stereocenters. The van der Waals surface area contributed by atoms with Crippen molar-refractivity contribution >= 4 is 39.1 Å². The third kappa shape index (κ3) is 2.30. The van der Waals surface area contributed by atoms with E-state index in [1.165, 1.54) is 4.31 Å². The molecule has 1 aromatic rings. The summed E-state index contributed by atoms with van der Waals surface area (Å²) in [6, 6.07) is 1.48. The normalized spacial score (nSPS) is 27.0. The Hall–Kier alpha value is -0.830. The molecule has 0 radical (unpaired) electrons. The third-order valence-electron chi connectivity index (χ3n) is 3.51. The standard InChI is InChI=1S/C11H13ClN2O4S2/c1-6-4-9(19-10(6)12)20(16,17)14-3-2-7-8(5-14)18-11(15)13-7/h4,7-8H,2-3,5H2,1H3,(H,13,15)/t7-,8+/m0/s1. The van der Waals surface area contributed by atoms with Gasteiger partial charge in [0.15, 0.2) is 0 Å². The second-order valence-electron chi connectivity index (χ2n) is 4.87. The van der Waals surface area contributed by atoms with Gasteiger partial charge in [-0.25, -0.2) is 13.2 Å². The largest absolute Gasteiger partial charge is 0.443 e. The van der Waals surface area contributed by atoms with Crippen LogP contribution in [0.4, 0.5) is 4.79 Å². The van der Waals surface area contributed by atoms with Crippen molar-refractivity contribution in [3.63, 3.8) is 0 Å². The minimum Gasteiger partial charge on any atom is -0.443 e. The van der Waals surface area contributed by atoms with Crippen LogP contribution in [0.15, 0.2) is 10.3 Å². The molecule has 6 nitrogen and oxygen atoms in total. The fraction of sp³-hybridized carbons (Fsp3) is 0.545. The number of amides is 1. The SMILES string of the molecule is Cc1cc(S(=O)(=O)N2CC[C@@H]3NC(=O)O[C@@H]3C2)sc1Cl. The average Bonchev–Trinajstić information content (AvgIpc) is 2.91. The Labute approximate surface area is 125 Å². The molecule has 9 heteroatoms. The van der Waals surface area contributed by atoms with Gasteiger partial charge < -0.3 is 10.1 Å². The number of nitrogens with one attached hydrogen (secondary N) is 1. The van der Waals surface area contributed by atoms with Crippen molar-refractivity contribution in [3.05, 3.63) is 16.0 Å². The number of alkyl carbamates (subject to hydrolysis) is 1. The lowest BCUT2D eigenvalue weighted by atomic mass is 10.1. The van der Waals surface area contributed by atoms with E-state index in [0.717, 1.165) is 16.9 Å². The molecule has 2 aliphatic heterocycles. The van der Waals surface area contributed by atoms with E-state index in [2.05, 4.69) is 5.32 Å². The molecule has 2 atom stereocenters. The van der Waals surface area contributed by atoms with Gasteiger partial charge in [0, 0.05) is 6.54 Å². The number of piperidine rings is 1. The highest BCUT2D eigenvalue weighted by molar-refractivity contribution is 7.91. The predicted molar refractivity (Wildman–Crippen MR) is 74.6 cm³/mol. The van der Waals surface area contributed by atoms with Gasteiger partial charge in [0.2, 0.25) is 0 Å². The molecule has 1 aromatic heterocycles. The quantitative estimate of drug-likeness (QED) is 0.889. The van der Waals surface area contributed by atoms with Crippen LogP contribution in [0, 0.1) is 6.92 Å². The maximum Gasteiger partial charge on any atom is 0.407 e. The van der Waals surface area contributed by atoms with Gasteiger partial charge >= 0.3 is 6.09 Å². The molecule has 3 heterocycles. The molecule has 3 rings (SSSR count). The molecule has 0 saturated carbocycles. The zero-order valence-corrected chi connectivity index (χ0v) is 13.0. The first-order chi connectivity index (χ1) is 9.38. The molecule has 1 amide bonds. The van der Waals surface area contributed by atoms with E-state index in [0.29, 0.717) is 17.3 Å². The molecule has 2 fully saturated rings. The van der Waals surface area contributed by atoms with Gasteiger partial charge in [0.1, 0.15) is 10.3 Å². The minimum atomic E-state index is -3.57. The second-order valence-corrected chi connectivity index (χ2v) is 8.69. The monoisotopic (exact) mass is 336 g/mol. The number of ether oxygens (including phenoxy) is 1. The summed E-state index contributed by atoms with van der Waals surface area (Å²) in [4.78, 5) is 11.2. The Morgan fingerprint density at radius 1 is 1.55 bits per heavy atom. The van der Waals surface area contributed by atoms with Crippen molar-refractivity contribution in [2.45, 2.75) is 29.7 Å². The third-order valence-corrected chi connectivity index (χ3v) is 7.38. The number of hydrogen-bond acceptors (Lipinski definition) is 5. The minimum absolute atomic E-state index is 0.0948. The van der Waals surface area contributed by atoms with Crippen molar-refractivity contribution in [2.24, 2.45) is 0 Å². The van der Waals surface area contributed by atoms with Crippen LogP contribution in [0.1, 0.15) is 12.0 Å². The van der Waals surface area contributed by atoms with Gasteiger partial charge in [-0.2, -0.15) is 4.31 Å². The first-order valence-corrected chi connectivity index (χ1v) is 8.74. The summed E-state index contributed by atoms with van der Waals surface area (Å²) in [5.41, 5.74) is 0.749. The predicted octanol–water partition coefficient (Wildman–Crippen LogP) is 1.58. The van der Waals surface area contributed by atoms with Crippen molar-refractivity contribution in [1.82, 2.24) is 9.62 Å². The van der Waals surface area contributed by atoms with Crippen LogP contribution in [-0.4, -0.2) is 44.1 Å². The molecule has 0 aromatic carbocycles. The number of nitrogens with zero attached hydrogens (tertiary/aromatic N) is 1. The first-order valence-electron chi connectivity index (χ1n) is 6.11. The van der Waals surface area contributed by atoms with Gasteiger partial charge in [-0.15, -0.1) is 11.3 Å².